The predicted molar refractivity (Wildman–Crippen MR) is 71.8 cm³/mol. The van der Waals surface area contributed by atoms with E-state index in [2.05, 4.69) is 6.58 Å². The molecule has 0 spiro atoms. The number of hydrogen-bond donors (Lipinski definition) is 0. The Morgan fingerprint density at radius 1 is 1.10 bits per heavy atom. The molecule has 21 heavy (non-hydrogen) atoms. The summed E-state index contributed by atoms with van der Waals surface area (Å²) in [6.07, 6.45) is 0. The van der Waals surface area contributed by atoms with Crippen LogP contribution in [0, 0.1) is 0 Å². The molecule has 0 aliphatic rings. The Morgan fingerprint density at radius 2 is 1.52 bits per heavy atom. The lowest BCUT2D eigenvalue weighted by Gasteiger charge is -2.40. The normalized spacial score (nSPS) is 15.8. The Bertz CT molecular complexity index is 587. The molecule has 0 radical (unpaired) electrons. The van der Waals surface area contributed by atoms with E-state index >= 15 is 0 Å². The van der Waals surface area contributed by atoms with Crippen molar-refractivity contribution >= 4 is 16.2 Å². The third-order valence-corrected chi connectivity index (χ3v) is 3.85. The van der Waals surface area contributed by atoms with Crippen molar-refractivity contribution < 1.29 is 29.0 Å². The predicted octanol–water partition coefficient (Wildman–Crippen LogP) is 5.70. The largest absolute Gasteiger partial charge is 0.451 e. The zero-order valence-electron chi connectivity index (χ0n) is 11.6. The molecular weight excluding hydrogens is 315 g/mol. The van der Waals surface area contributed by atoms with Gasteiger partial charge in [-0.1, -0.05) is 38.1 Å². The number of benzene rings is 1. The number of esters is 1. The Morgan fingerprint density at radius 3 is 1.86 bits per heavy atom. The first kappa shape index (κ1) is 17.5. The molecule has 0 N–H and O–H groups in total. The molecule has 1 rings (SSSR count). The molecule has 0 bridgehead atoms. The number of carbonyl (C=O) groups is 1. The molecule has 0 aliphatic heterocycles. The van der Waals surface area contributed by atoms with Gasteiger partial charge >= 0.3 is 16.2 Å². The lowest BCUT2D eigenvalue weighted by Crippen LogP contribution is -2.26. The molecule has 1 aromatic rings. The first-order valence-corrected chi connectivity index (χ1v) is 7.71. The fourth-order valence-corrected chi connectivity index (χ4v) is 2.14. The van der Waals surface area contributed by atoms with Crippen LogP contribution in [0.1, 0.15) is 26.3 Å². The van der Waals surface area contributed by atoms with Crippen LogP contribution >= 0.6 is 10.2 Å². The van der Waals surface area contributed by atoms with Crippen LogP contribution in [0.25, 0.3) is 0 Å². The average Bonchev–Trinajstić information content (AvgIpc) is 2.25. The smallest absolute Gasteiger partial charge is 0.333 e. The quantitative estimate of drug-likeness (QED) is 0.402. The van der Waals surface area contributed by atoms with Crippen molar-refractivity contribution in [3.05, 3.63) is 42.0 Å². The van der Waals surface area contributed by atoms with Crippen LogP contribution in [0.4, 0.5) is 19.4 Å². The summed E-state index contributed by atoms with van der Waals surface area (Å²) >= 11 is 0. The topological polar surface area (TPSA) is 26.3 Å². The van der Waals surface area contributed by atoms with Crippen LogP contribution in [-0.2, 0) is 15.1 Å². The number of halogens is 5. The molecule has 0 aromatic heterocycles. The van der Waals surface area contributed by atoms with Gasteiger partial charge in [-0.2, -0.15) is 0 Å². The van der Waals surface area contributed by atoms with Gasteiger partial charge in [0, 0.05) is 5.57 Å². The number of hydrogen-bond acceptors (Lipinski definition) is 2. The van der Waals surface area contributed by atoms with E-state index in [1.165, 1.54) is 20.8 Å². The molecule has 0 unspecified atom stereocenters. The highest BCUT2D eigenvalue weighted by Gasteiger charge is 2.65. The van der Waals surface area contributed by atoms with Crippen molar-refractivity contribution in [1.82, 2.24) is 0 Å². The summed E-state index contributed by atoms with van der Waals surface area (Å²) < 4.78 is 68.0. The van der Waals surface area contributed by atoms with Crippen LogP contribution in [0.3, 0.4) is 0 Å². The Balaban J connectivity index is 3.14. The van der Waals surface area contributed by atoms with Gasteiger partial charge in [-0.05, 0) is 38.5 Å². The molecule has 0 aliphatic carbocycles. The number of ether oxygens (including phenoxy) is 1. The van der Waals surface area contributed by atoms with Gasteiger partial charge in [0.15, 0.2) is 0 Å². The first-order valence-electron chi connectivity index (χ1n) is 5.76. The first-order chi connectivity index (χ1) is 9.03. The molecule has 0 saturated carbocycles. The summed E-state index contributed by atoms with van der Waals surface area (Å²) in [6.45, 7) is 7.66. The molecule has 0 heterocycles. The van der Waals surface area contributed by atoms with Gasteiger partial charge < -0.3 is 4.74 Å². The van der Waals surface area contributed by atoms with Crippen LogP contribution in [0.5, 0.6) is 0 Å². The maximum absolute atomic E-state index is 12.6. The summed E-state index contributed by atoms with van der Waals surface area (Å²) in [5, 5.41) is 0. The maximum Gasteiger partial charge on any atom is 0.333 e. The van der Waals surface area contributed by atoms with Crippen LogP contribution in [-0.4, -0.2) is 5.97 Å². The molecule has 0 saturated heterocycles. The highest BCUT2D eigenvalue weighted by Crippen LogP contribution is 3.02. The van der Waals surface area contributed by atoms with E-state index in [1.54, 1.807) is 0 Å². The second-order valence-corrected chi connectivity index (χ2v) is 7.58. The minimum Gasteiger partial charge on any atom is -0.451 e. The fourth-order valence-electron chi connectivity index (χ4n) is 1.49. The molecule has 0 amide bonds. The van der Waals surface area contributed by atoms with E-state index in [-0.39, 0.29) is 23.3 Å². The summed E-state index contributed by atoms with van der Waals surface area (Å²) in [5.74, 6) is -0.725. The van der Waals surface area contributed by atoms with Crippen molar-refractivity contribution in [2.45, 2.75) is 31.3 Å². The second kappa shape index (κ2) is 4.22. The van der Waals surface area contributed by atoms with Crippen molar-refractivity contribution in [3.63, 3.8) is 0 Å². The highest BCUT2D eigenvalue weighted by atomic mass is 32.5. The number of carbonyl (C=O) groups excluding carboxylic acids is 1. The van der Waals surface area contributed by atoms with Crippen LogP contribution < -0.4 is 0 Å². The summed E-state index contributed by atoms with van der Waals surface area (Å²) in [6, 6.07) is 2.29. The van der Waals surface area contributed by atoms with Crippen molar-refractivity contribution in [2.75, 3.05) is 0 Å². The Labute approximate surface area is 119 Å². The van der Waals surface area contributed by atoms with E-state index in [4.69, 9.17) is 4.74 Å². The van der Waals surface area contributed by atoms with Gasteiger partial charge in [-0.25, -0.2) is 4.79 Å². The van der Waals surface area contributed by atoms with E-state index in [0.717, 1.165) is 12.1 Å². The van der Waals surface area contributed by atoms with E-state index < -0.39 is 26.7 Å². The third kappa shape index (κ3) is 4.45. The molecule has 1 aromatic carbocycles. The van der Waals surface area contributed by atoms with Gasteiger partial charge in [0.2, 0.25) is 0 Å². The lowest BCUT2D eigenvalue weighted by molar-refractivity contribution is -0.152. The highest BCUT2D eigenvalue weighted by molar-refractivity contribution is 8.45. The van der Waals surface area contributed by atoms with Crippen molar-refractivity contribution in [1.29, 1.82) is 0 Å². The molecular formula is C13H15F5O2S. The van der Waals surface area contributed by atoms with Crippen LogP contribution in [0.15, 0.2) is 41.3 Å². The van der Waals surface area contributed by atoms with Gasteiger partial charge in [0.1, 0.15) is 10.5 Å². The Hall–Kier alpha value is -1.57. The minimum absolute atomic E-state index is 0.117. The fraction of sp³-hybridized carbons (Fsp3) is 0.308. The summed E-state index contributed by atoms with van der Waals surface area (Å²) in [5.41, 5.74) is -0.999. The Kier molecular flexibility index (Phi) is 3.51. The maximum atomic E-state index is 12.6. The molecule has 8 heteroatoms. The molecule has 120 valence electrons. The molecule has 2 nitrogen and oxygen atoms in total. The van der Waals surface area contributed by atoms with Gasteiger partial charge in [0.05, 0.1) is 0 Å². The third-order valence-electron chi connectivity index (χ3n) is 2.69. The number of rotatable bonds is 4. The zero-order chi connectivity index (χ0) is 16.8. The van der Waals surface area contributed by atoms with E-state index in [9.17, 15) is 24.2 Å². The SMILES string of the molecule is C=C(C)C(=O)OC(C)(C)c1ccc(S(F)(F)(F)(F)F)cc1. The van der Waals surface area contributed by atoms with Crippen LogP contribution in [0.2, 0.25) is 0 Å². The van der Waals surface area contributed by atoms with Crippen molar-refractivity contribution in [3.8, 4) is 0 Å². The molecule has 0 atom stereocenters. The van der Waals surface area contributed by atoms with E-state index in [1.807, 2.05) is 0 Å². The summed E-state index contributed by atoms with van der Waals surface area (Å²) in [7, 11) is -9.69. The van der Waals surface area contributed by atoms with Gasteiger partial charge in [-0.15, -0.1) is 0 Å². The van der Waals surface area contributed by atoms with Gasteiger partial charge in [-0.3, -0.25) is 0 Å². The minimum atomic E-state index is -9.69. The average molecular weight is 330 g/mol. The summed E-state index contributed by atoms with van der Waals surface area (Å²) in [4.78, 5) is 9.46. The lowest BCUT2D eigenvalue weighted by atomic mass is 9.98. The molecule has 0 fully saturated rings. The van der Waals surface area contributed by atoms with Gasteiger partial charge in [0.25, 0.3) is 0 Å². The standard InChI is InChI=1S/C13H15F5O2S/c1-9(2)12(19)20-13(3,4)10-5-7-11(8-6-10)21(14,15,16,17)18/h5-8H,1H2,2-4H3. The monoisotopic (exact) mass is 330 g/mol. The van der Waals surface area contributed by atoms with E-state index in [0.29, 0.717) is 0 Å². The zero-order valence-corrected chi connectivity index (χ0v) is 12.4. The second-order valence-electron chi connectivity index (χ2n) is 5.17. The van der Waals surface area contributed by atoms with Crippen molar-refractivity contribution in [2.24, 2.45) is 0 Å².